The molecule has 4 rings (SSSR count). The molecule has 1 N–H and O–H groups in total. The summed E-state index contributed by atoms with van der Waals surface area (Å²) in [5.74, 6) is -0.0190. The van der Waals surface area contributed by atoms with Crippen LogP contribution in [0.3, 0.4) is 0 Å². The van der Waals surface area contributed by atoms with Crippen molar-refractivity contribution in [2.24, 2.45) is 0 Å². The zero-order valence-corrected chi connectivity index (χ0v) is 20.6. The van der Waals surface area contributed by atoms with Crippen LogP contribution in [0, 0.1) is 5.82 Å². The van der Waals surface area contributed by atoms with Crippen LogP contribution in [0.25, 0.3) is 0 Å². The van der Waals surface area contributed by atoms with E-state index in [0.29, 0.717) is 37.6 Å². The number of carbonyl (C=O) groups is 1. The van der Waals surface area contributed by atoms with Gasteiger partial charge in [0.1, 0.15) is 11.6 Å². The second-order valence-corrected chi connectivity index (χ2v) is 10.3. The highest BCUT2D eigenvalue weighted by atomic mass is 79.9. The summed E-state index contributed by atoms with van der Waals surface area (Å²) in [6, 6.07) is 19.0. The number of hydrogen-bond donors (Lipinski definition) is 1. The molecule has 7 nitrogen and oxygen atoms in total. The number of nitrogens with zero attached hydrogens (tertiary/aromatic N) is 2. The molecule has 178 valence electrons. The van der Waals surface area contributed by atoms with Crippen molar-refractivity contribution in [3.05, 3.63) is 83.1 Å². The highest BCUT2D eigenvalue weighted by molar-refractivity contribution is 9.10. The van der Waals surface area contributed by atoms with Crippen LogP contribution in [0.5, 0.6) is 5.75 Å². The molecule has 1 saturated heterocycles. The number of piperazine rings is 1. The Morgan fingerprint density at radius 3 is 2.15 bits per heavy atom. The van der Waals surface area contributed by atoms with Crippen LogP contribution >= 0.6 is 15.9 Å². The van der Waals surface area contributed by atoms with Crippen molar-refractivity contribution in [2.45, 2.75) is 4.90 Å². The van der Waals surface area contributed by atoms with E-state index in [1.807, 2.05) is 0 Å². The summed E-state index contributed by atoms with van der Waals surface area (Å²) in [7, 11) is -3.74. The normalized spacial score (nSPS) is 14.1. The molecule has 0 saturated carbocycles. The predicted octanol–water partition coefficient (Wildman–Crippen LogP) is 4.12. The summed E-state index contributed by atoms with van der Waals surface area (Å²) in [4.78, 5) is 16.5. The van der Waals surface area contributed by atoms with E-state index in [1.54, 1.807) is 41.3 Å². The van der Waals surface area contributed by atoms with Gasteiger partial charge in [-0.1, -0.05) is 15.9 Å². The van der Waals surface area contributed by atoms with Gasteiger partial charge in [-0.25, -0.2) is 12.8 Å². The average Bonchev–Trinajstić information content (AvgIpc) is 2.85. The van der Waals surface area contributed by atoms with Crippen LogP contribution in [0.2, 0.25) is 0 Å². The minimum absolute atomic E-state index is 0.0889. The smallest absolute Gasteiger partial charge is 0.261 e. The topological polar surface area (TPSA) is 78.9 Å². The predicted molar refractivity (Wildman–Crippen MR) is 132 cm³/mol. The Morgan fingerprint density at radius 2 is 1.53 bits per heavy atom. The van der Waals surface area contributed by atoms with E-state index < -0.39 is 10.0 Å². The summed E-state index contributed by atoms with van der Waals surface area (Å²) in [6.45, 7) is 2.24. The molecule has 1 aliphatic heterocycles. The fourth-order valence-corrected chi connectivity index (χ4v) is 4.87. The first-order chi connectivity index (χ1) is 16.3. The van der Waals surface area contributed by atoms with E-state index >= 15 is 0 Å². The lowest BCUT2D eigenvalue weighted by atomic mass is 10.2. The Hall–Kier alpha value is -3.11. The molecule has 1 fully saturated rings. The first-order valence-electron chi connectivity index (χ1n) is 10.6. The molecule has 10 heteroatoms. The molecular weight excluding hydrogens is 525 g/mol. The monoisotopic (exact) mass is 547 g/mol. The van der Waals surface area contributed by atoms with Crippen molar-refractivity contribution in [3.8, 4) is 5.75 Å². The fraction of sp³-hybridized carbons (Fsp3) is 0.208. The van der Waals surface area contributed by atoms with E-state index in [0.717, 1.165) is 10.2 Å². The molecule has 1 heterocycles. The average molecular weight is 548 g/mol. The van der Waals surface area contributed by atoms with E-state index in [2.05, 4.69) is 25.6 Å². The van der Waals surface area contributed by atoms with E-state index in [4.69, 9.17) is 4.74 Å². The third kappa shape index (κ3) is 6.06. The molecule has 1 aliphatic rings. The van der Waals surface area contributed by atoms with Crippen LogP contribution in [-0.4, -0.2) is 52.0 Å². The maximum Gasteiger partial charge on any atom is 0.261 e. The van der Waals surface area contributed by atoms with Crippen molar-refractivity contribution < 1.29 is 22.3 Å². The molecule has 3 aromatic rings. The Morgan fingerprint density at radius 1 is 0.912 bits per heavy atom. The van der Waals surface area contributed by atoms with Gasteiger partial charge in [0.15, 0.2) is 6.61 Å². The van der Waals surface area contributed by atoms with Gasteiger partial charge in [0.2, 0.25) is 0 Å². The number of nitrogens with one attached hydrogen (secondary N) is 1. The van der Waals surface area contributed by atoms with Gasteiger partial charge in [0.05, 0.1) is 4.90 Å². The number of amides is 1. The van der Waals surface area contributed by atoms with Gasteiger partial charge >= 0.3 is 0 Å². The summed E-state index contributed by atoms with van der Waals surface area (Å²) in [5, 5.41) is 0. The fourth-order valence-electron chi connectivity index (χ4n) is 3.55. The first kappa shape index (κ1) is 24.0. The van der Waals surface area contributed by atoms with E-state index in [1.165, 1.54) is 36.4 Å². The Labute approximate surface area is 206 Å². The number of ether oxygens (including phenoxy) is 1. The van der Waals surface area contributed by atoms with Gasteiger partial charge in [-0.05, 0) is 72.8 Å². The Kier molecular flexibility index (Phi) is 7.38. The molecule has 0 aliphatic carbocycles. The molecule has 0 atom stereocenters. The number of anilines is 2. The maximum atomic E-state index is 13.1. The number of hydrogen-bond acceptors (Lipinski definition) is 5. The van der Waals surface area contributed by atoms with Gasteiger partial charge in [0, 0.05) is 42.0 Å². The van der Waals surface area contributed by atoms with Crippen LogP contribution in [0.1, 0.15) is 0 Å². The minimum atomic E-state index is -3.74. The van der Waals surface area contributed by atoms with Crippen LogP contribution < -0.4 is 14.4 Å². The quantitative estimate of drug-likeness (QED) is 0.481. The molecule has 0 spiro atoms. The van der Waals surface area contributed by atoms with Gasteiger partial charge in [-0.15, -0.1) is 0 Å². The summed E-state index contributed by atoms with van der Waals surface area (Å²) < 4.78 is 47.2. The summed E-state index contributed by atoms with van der Waals surface area (Å²) in [6.07, 6.45) is 0. The number of rotatable bonds is 7. The van der Waals surface area contributed by atoms with Crippen LogP contribution in [0.4, 0.5) is 15.8 Å². The lowest BCUT2D eigenvalue weighted by Gasteiger charge is -2.36. The van der Waals surface area contributed by atoms with Crippen molar-refractivity contribution in [2.75, 3.05) is 42.4 Å². The van der Waals surface area contributed by atoms with Crippen molar-refractivity contribution in [1.29, 1.82) is 0 Å². The summed E-state index contributed by atoms with van der Waals surface area (Å²) >= 11 is 3.31. The number of sulfonamides is 1. The van der Waals surface area contributed by atoms with Crippen LogP contribution in [0.15, 0.2) is 82.2 Å². The number of halogens is 2. The maximum absolute atomic E-state index is 13.1. The third-order valence-electron chi connectivity index (χ3n) is 5.42. The molecule has 1 amide bonds. The second kappa shape index (κ2) is 10.4. The molecular formula is C24H23BrFN3O4S. The van der Waals surface area contributed by atoms with Gasteiger partial charge in [-0.2, -0.15) is 0 Å². The van der Waals surface area contributed by atoms with E-state index in [9.17, 15) is 17.6 Å². The highest BCUT2D eigenvalue weighted by Crippen LogP contribution is 2.21. The Balaban J connectivity index is 1.27. The molecule has 0 radical (unpaired) electrons. The number of benzene rings is 3. The van der Waals surface area contributed by atoms with Crippen molar-refractivity contribution >= 4 is 43.2 Å². The molecule has 3 aromatic carbocycles. The number of carbonyl (C=O) groups excluding carboxylic acids is 1. The first-order valence-corrected chi connectivity index (χ1v) is 12.9. The summed E-state index contributed by atoms with van der Waals surface area (Å²) in [5.41, 5.74) is 1.38. The second-order valence-electron chi connectivity index (χ2n) is 7.72. The molecule has 0 unspecified atom stereocenters. The van der Waals surface area contributed by atoms with Crippen LogP contribution in [-0.2, 0) is 14.8 Å². The molecule has 34 heavy (non-hydrogen) atoms. The van der Waals surface area contributed by atoms with Gasteiger partial charge in [0.25, 0.3) is 15.9 Å². The SMILES string of the molecule is O=C(COc1ccc(S(=O)(=O)Nc2ccc(Br)cc2)cc1)N1CCN(c2ccc(F)cc2)CC1. The van der Waals surface area contributed by atoms with Gasteiger partial charge in [-0.3, -0.25) is 9.52 Å². The lowest BCUT2D eigenvalue weighted by Crippen LogP contribution is -2.50. The van der Waals surface area contributed by atoms with Crippen molar-refractivity contribution in [1.82, 2.24) is 4.90 Å². The zero-order valence-electron chi connectivity index (χ0n) is 18.2. The molecule has 0 aromatic heterocycles. The standard InChI is InChI=1S/C24H23BrFN3O4S/c25-18-1-5-20(6-2-18)27-34(31,32)23-11-9-22(10-12-23)33-17-24(30)29-15-13-28(14-16-29)21-7-3-19(26)4-8-21/h1-12,27H,13-17H2. The third-order valence-corrected chi connectivity index (χ3v) is 7.34. The van der Waals surface area contributed by atoms with Gasteiger partial charge < -0.3 is 14.5 Å². The molecule has 0 bridgehead atoms. The minimum Gasteiger partial charge on any atom is -0.484 e. The highest BCUT2D eigenvalue weighted by Gasteiger charge is 2.22. The van der Waals surface area contributed by atoms with Crippen molar-refractivity contribution in [3.63, 3.8) is 0 Å². The zero-order chi connectivity index (χ0) is 24.1. The Bertz CT molecular complexity index is 1230. The lowest BCUT2D eigenvalue weighted by molar-refractivity contribution is -0.133. The van der Waals surface area contributed by atoms with E-state index in [-0.39, 0.29) is 23.2 Å². The largest absolute Gasteiger partial charge is 0.484 e.